The number of hydrogen-bond acceptors (Lipinski definition) is 2. The molecule has 1 N–H and O–H groups in total. The molecule has 0 aliphatic carbocycles. The van der Waals surface area contributed by atoms with Crippen LogP contribution in [0.4, 0.5) is 0 Å². The minimum atomic E-state index is -0.273. The van der Waals surface area contributed by atoms with E-state index in [1.807, 2.05) is 0 Å². The smallest absolute Gasteiger partial charge is 0.0690 e. The molecule has 0 amide bonds. The SMILES string of the molecule is CC(C)CCN(Cc1cccn1Cc1ccccc1)C[C@H](O)C(C)C. The minimum absolute atomic E-state index is 0.273. The molecule has 0 saturated carbocycles. The molecular weight excluding hydrogens is 308 g/mol. The van der Waals surface area contributed by atoms with Gasteiger partial charge in [0.15, 0.2) is 0 Å². The second-order valence-electron chi connectivity index (χ2n) is 7.84. The topological polar surface area (TPSA) is 28.4 Å². The van der Waals surface area contributed by atoms with Gasteiger partial charge in [-0.05, 0) is 42.5 Å². The highest BCUT2D eigenvalue weighted by atomic mass is 16.3. The first kappa shape index (κ1) is 19.7. The largest absolute Gasteiger partial charge is 0.392 e. The van der Waals surface area contributed by atoms with Crippen LogP contribution in [0.1, 0.15) is 45.4 Å². The first-order valence-electron chi connectivity index (χ1n) is 9.54. The second-order valence-corrected chi connectivity index (χ2v) is 7.84. The van der Waals surface area contributed by atoms with Crippen molar-refractivity contribution in [2.24, 2.45) is 11.8 Å². The molecule has 3 nitrogen and oxygen atoms in total. The lowest BCUT2D eigenvalue weighted by Crippen LogP contribution is -2.36. The van der Waals surface area contributed by atoms with E-state index in [2.05, 4.69) is 85.8 Å². The average Bonchev–Trinajstić information content (AvgIpc) is 3.00. The van der Waals surface area contributed by atoms with Crippen molar-refractivity contribution < 1.29 is 5.11 Å². The van der Waals surface area contributed by atoms with Gasteiger partial charge in [0.05, 0.1) is 6.10 Å². The van der Waals surface area contributed by atoms with Crippen LogP contribution in [-0.2, 0) is 13.1 Å². The molecule has 0 radical (unpaired) electrons. The zero-order chi connectivity index (χ0) is 18.2. The number of aliphatic hydroxyl groups is 1. The first-order valence-corrected chi connectivity index (χ1v) is 9.54. The van der Waals surface area contributed by atoms with E-state index in [1.165, 1.54) is 11.3 Å². The summed E-state index contributed by atoms with van der Waals surface area (Å²) in [7, 11) is 0. The molecule has 138 valence electrons. The summed E-state index contributed by atoms with van der Waals surface area (Å²) in [5.41, 5.74) is 2.62. The van der Waals surface area contributed by atoms with Gasteiger partial charge in [0.1, 0.15) is 0 Å². The number of nitrogens with zero attached hydrogens (tertiary/aromatic N) is 2. The maximum atomic E-state index is 10.3. The molecule has 0 saturated heterocycles. The molecule has 1 atom stereocenters. The number of aromatic nitrogens is 1. The molecule has 25 heavy (non-hydrogen) atoms. The summed E-state index contributed by atoms with van der Waals surface area (Å²) < 4.78 is 2.32. The van der Waals surface area contributed by atoms with Gasteiger partial charge in [-0.2, -0.15) is 0 Å². The van der Waals surface area contributed by atoms with E-state index in [1.54, 1.807) is 0 Å². The van der Waals surface area contributed by atoms with E-state index >= 15 is 0 Å². The van der Waals surface area contributed by atoms with Crippen molar-refractivity contribution in [2.45, 2.75) is 53.3 Å². The molecule has 0 aliphatic rings. The fourth-order valence-corrected chi connectivity index (χ4v) is 2.91. The Morgan fingerprint density at radius 1 is 1.00 bits per heavy atom. The van der Waals surface area contributed by atoms with Gasteiger partial charge < -0.3 is 9.67 Å². The van der Waals surface area contributed by atoms with Crippen molar-refractivity contribution in [3.05, 3.63) is 59.9 Å². The molecular formula is C22H34N2O. The van der Waals surface area contributed by atoms with Crippen LogP contribution >= 0.6 is 0 Å². The standard InChI is InChI=1S/C22H34N2O/c1-18(2)12-14-23(17-22(25)19(3)4)16-21-11-8-13-24(21)15-20-9-6-5-7-10-20/h5-11,13,18-19,22,25H,12,14-17H2,1-4H3/t22-/m0/s1. The van der Waals surface area contributed by atoms with Gasteiger partial charge in [-0.3, -0.25) is 4.90 Å². The van der Waals surface area contributed by atoms with Crippen LogP contribution in [-0.4, -0.2) is 33.8 Å². The zero-order valence-electron chi connectivity index (χ0n) is 16.2. The highest BCUT2D eigenvalue weighted by Crippen LogP contribution is 2.14. The molecule has 0 unspecified atom stereocenters. The van der Waals surface area contributed by atoms with Crippen LogP contribution in [0.2, 0.25) is 0 Å². The molecule has 0 bridgehead atoms. The van der Waals surface area contributed by atoms with E-state index in [0.29, 0.717) is 5.92 Å². The maximum Gasteiger partial charge on any atom is 0.0690 e. The summed E-state index contributed by atoms with van der Waals surface area (Å²) in [6.07, 6.45) is 3.04. The zero-order valence-corrected chi connectivity index (χ0v) is 16.2. The Bertz CT molecular complexity index is 603. The molecule has 3 heteroatoms. The van der Waals surface area contributed by atoms with Crippen molar-refractivity contribution in [1.82, 2.24) is 9.47 Å². The number of rotatable bonds is 10. The predicted octanol–water partition coefficient (Wildman–Crippen LogP) is 4.40. The van der Waals surface area contributed by atoms with Gasteiger partial charge >= 0.3 is 0 Å². The van der Waals surface area contributed by atoms with Gasteiger partial charge in [0.2, 0.25) is 0 Å². The summed E-state index contributed by atoms with van der Waals surface area (Å²) in [5, 5.41) is 10.3. The summed E-state index contributed by atoms with van der Waals surface area (Å²) in [4.78, 5) is 2.40. The summed E-state index contributed by atoms with van der Waals surface area (Å²) in [6, 6.07) is 14.9. The Hall–Kier alpha value is -1.58. The molecule has 1 aromatic heterocycles. The normalized spacial score (nSPS) is 13.1. The van der Waals surface area contributed by atoms with Gasteiger partial charge in [-0.15, -0.1) is 0 Å². The van der Waals surface area contributed by atoms with Crippen LogP contribution in [0.3, 0.4) is 0 Å². The molecule has 0 spiro atoms. The van der Waals surface area contributed by atoms with Gasteiger partial charge in [-0.25, -0.2) is 0 Å². The number of aliphatic hydroxyl groups excluding tert-OH is 1. The third kappa shape index (κ3) is 6.68. The highest BCUT2D eigenvalue weighted by Gasteiger charge is 2.17. The monoisotopic (exact) mass is 342 g/mol. The second kappa shape index (κ2) is 9.79. The Balaban J connectivity index is 2.05. The van der Waals surface area contributed by atoms with Crippen molar-refractivity contribution in [3.8, 4) is 0 Å². The summed E-state index contributed by atoms with van der Waals surface area (Å²) in [5.74, 6) is 0.965. The predicted molar refractivity (Wildman–Crippen MR) is 106 cm³/mol. The average molecular weight is 343 g/mol. The number of hydrogen-bond donors (Lipinski definition) is 1. The molecule has 1 aromatic carbocycles. The third-order valence-electron chi connectivity index (χ3n) is 4.74. The third-order valence-corrected chi connectivity index (χ3v) is 4.74. The Kier molecular flexibility index (Phi) is 7.73. The van der Waals surface area contributed by atoms with Crippen LogP contribution in [0.15, 0.2) is 48.7 Å². The fourth-order valence-electron chi connectivity index (χ4n) is 2.91. The van der Waals surface area contributed by atoms with Crippen LogP contribution < -0.4 is 0 Å². The Labute approximate surface area is 153 Å². The maximum absolute atomic E-state index is 10.3. The van der Waals surface area contributed by atoms with Crippen molar-refractivity contribution >= 4 is 0 Å². The van der Waals surface area contributed by atoms with E-state index in [-0.39, 0.29) is 12.0 Å². The lowest BCUT2D eigenvalue weighted by molar-refractivity contribution is 0.0702. The summed E-state index contributed by atoms with van der Waals surface area (Å²) >= 11 is 0. The van der Waals surface area contributed by atoms with E-state index in [4.69, 9.17) is 0 Å². The van der Waals surface area contributed by atoms with Gasteiger partial charge in [0, 0.05) is 31.5 Å². The van der Waals surface area contributed by atoms with E-state index < -0.39 is 0 Å². The van der Waals surface area contributed by atoms with E-state index in [9.17, 15) is 5.11 Å². The fraction of sp³-hybridized carbons (Fsp3) is 0.545. The number of benzene rings is 1. The van der Waals surface area contributed by atoms with Crippen LogP contribution in [0, 0.1) is 11.8 Å². The van der Waals surface area contributed by atoms with Crippen LogP contribution in [0.5, 0.6) is 0 Å². The molecule has 2 rings (SSSR count). The minimum Gasteiger partial charge on any atom is -0.392 e. The van der Waals surface area contributed by atoms with Crippen molar-refractivity contribution in [2.75, 3.05) is 13.1 Å². The Morgan fingerprint density at radius 3 is 2.36 bits per heavy atom. The van der Waals surface area contributed by atoms with Crippen LogP contribution in [0.25, 0.3) is 0 Å². The van der Waals surface area contributed by atoms with Gasteiger partial charge in [0.25, 0.3) is 0 Å². The summed E-state index contributed by atoms with van der Waals surface area (Å²) in [6.45, 7) is 12.2. The molecule has 1 heterocycles. The van der Waals surface area contributed by atoms with E-state index in [0.717, 1.165) is 32.6 Å². The Morgan fingerprint density at radius 2 is 1.72 bits per heavy atom. The lowest BCUT2D eigenvalue weighted by atomic mass is 10.1. The molecule has 0 aliphatic heterocycles. The lowest BCUT2D eigenvalue weighted by Gasteiger charge is -2.28. The van der Waals surface area contributed by atoms with Gasteiger partial charge in [-0.1, -0.05) is 58.0 Å². The van der Waals surface area contributed by atoms with Crippen molar-refractivity contribution in [1.29, 1.82) is 0 Å². The van der Waals surface area contributed by atoms with Crippen molar-refractivity contribution in [3.63, 3.8) is 0 Å². The quantitative estimate of drug-likeness (QED) is 0.693. The first-order chi connectivity index (χ1) is 12.0. The molecule has 0 fully saturated rings. The molecule has 2 aromatic rings. The highest BCUT2D eigenvalue weighted by molar-refractivity contribution is 5.17.